The molecule has 1 saturated carbocycles. The first-order valence-electron chi connectivity index (χ1n) is 9.78. The fraction of sp³-hybridized carbons (Fsp3) is 0.273. The van der Waals surface area contributed by atoms with E-state index in [1.807, 2.05) is 18.2 Å². The summed E-state index contributed by atoms with van der Waals surface area (Å²) >= 11 is 1.21. The van der Waals surface area contributed by atoms with Crippen LogP contribution < -0.4 is 16.4 Å². The fourth-order valence-electron chi connectivity index (χ4n) is 4.54. The molecule has 4 heterocycles. The van der Waals surface area contributed by atoms with Gasteiger partial charge in [0.1, 0.15) is 11.2 Å². The van der Waals surface area contributed by atoms with Crippen LogP contribution >= 0.6 is 11.5 Å². The van der Waals surface area contributed by atoms with Gasteiger partial charge in [-0.3, -0.25) is 18.4 Å². The third-order valence-corrected chi connectivity index (χ3v) is 7.11. The molecule has 0 amide bonds. The number of nitrogens with zero attached hydrogens (tertiary/aromatic N) is 1. The van der Waals surface area contributed by atoms with E-state index in [2.05, 4.69) is 16.6 Å². The molecule has 0 spiro atoms. The average Bonchev–Trinajstić information content (AvgIpc) is 3.38. The number of hydrogen-bond acceptors (Lipinski definition) is 4. The summed E-state index contributed by atoms with van der Waals surface area (Å²) in [6.07, 6.45) is 3.28. The molecule has 5 nitrogen and oxygen atoms in total. The van der Waals surface area contributed by atoms with Crippen LogP contribution in [-0.2, 0) is 6.54 Å². The fourth-order valence-corrected chi connectivity index (χ4v) is 5.50. The Balaban J connectivity index is 1.67. The molecule has 1 atom stereocenters. The second kappa shape index (κ2) is 5.87. The molecule has 3 aromatic heterocycles. The van der Waals surface area contributed by atoms with Crippen LogP contribution in [-0.4, -0.2) is 8.77 Å². The number of halogens is 1. The molecule has 29 heavy (non-hydrogen) atoms. The zero-order chi connectivity index (χ0) is 19.9. The molecular weight excluding hydrogens is 389 g/mol. The van der Waals surface area contributed by atoms with Gasteiger partial charge in [0, 0.05) is 24.3 Å². The Bertz CT molecular complexity index is 1440. The lowest BCUT2D eigenvalue weighted by Gasteiger charge is -2.13. The van der Waals surface area contributed by atoms with Crippen molar-refractivity contribution in [3.05, 3.63) is 73.7 Å². The molecule has 4 aromatic rings. The van der Waals surface area contributed by atoms with Crippen molar-refractivity contribution in [1.82, 2.24) is 14.1 Å². The van der Waals surface area contributed by atoms with Crippen LogP contribution in [0.25, 0.3) is 26.7 Å². The van der Waals surface area contributed by atoms with Gasteiger partial charge < -0.3 is 5.32 Å². The van der Waals surface area contributed by atoms with Gasteiger partial charge in [-0.2, -0.15) is 0 Å². The molecule has 1 aliphatic heterocycles. The van der Waals surface area contributed by atoms with E-state index in [0.29, 0.717) is 27.7 Å². The number of benzene rings is 1. The Morgan fingerprint density at radius 2 is 2.03 bits per heavy atom. The van der Waals surface area contributed by atoms with Crippen molar-refractivity contribution < 1.29 is 4.39 Å². The number of rotatable bonds is 2. The van der Waals surface area contributed by atoms with Gasteiger partial charge in [-0.05, 0) is 60.1 Å². The Morgan fingerprint density at radius 3 is 2.83 bits per heavy atom. The van der Waals surface area contributed by atoms with E-state index in [9.17, 15) is 9.59 Å². The zero-order valence-electron chi connectivity index (χ0n) is 15.7. The molecule has 6 rings (SSSR count). The second-order valence-corrected chi connectivity index (χ2v) is 8.85. The molecule has 1 aliphatic carbocycles. The number of fused-ring (bicyclic) bond motifs is 3. The van der Waals surface area contributed by atoms with Gasteiger partial charge >= 0.3 is 0 Å². The Kier molecular flexibility index (Phi) is 3.47. The van der Waals surface area contributed by atoms with Crippen molar-refractivity contribution in [2.24, 2.45) is 0 Å². The maximum absolute atomic E-state index is 15.1. The first-order chi connectivity index (χ1) is 14.0. The monoisotopic (exact) mass is 407 g/mol. The van der Waals surface area contributed by atoms with Gasteiger partial charge in [-0.1, -0.05) is 23.7 Å². The first kappa shape index (κ1) is 17.1. The van der Waals surface area contributed by atoms with Gasteiger partial charge in [0.25, 0.3) is 11.1 Å². The van der Waals surface area contributed by atoms with E-state index in [4.69, 9.17) is 0 Å². The van der Waals surface area contributed by atoms with Gasteiger partial charge in [0.05, 0.1) is 10.2 Å². The molecule has 2 aliphatic rings. The predicted molar refractivity (Wildman–Crippen MR) is 112 cm³/mol. The lowest BCUT2D eigenvalue weighted by molar-refractivity contribution is 0.621. The quantitative estimate of drug-likeness (QED) is 0.527. The number of hydrogen-bond donors (Lipinski definition) is 2. The Morgan fingerprint density at radius 1 is 1.21 bits per heavy atom. The number of nitrogens with one attached hydrogen (secondary N) is 2. The molecule has 1 aromatic carbocycles. The zero-order valence-corrected chi connectivity index (χ0v) is 16.5. The molecule has 2 N–H and O–H groups in total. The minimum atomic E-state index is -0.466. The van der Waals surface area contributed by atoms with E-state index in [-0.39, 0.29) is 5.39 Å². The summed E-state index contributed by atoms with van der Waals surface area (Å²) in [4.78, 5) is 25.1. The normalized spacial score (nSPS) is 18.6. The lowest BCUT2D eigenvalue weighted by atomic mass is 9.97. The minimum absolute atomic E-state index is 0.138. The lowest BCUT2D eigenvalue weighted by Crippen LogP contribution is -2.20. The summed E-state index contributed by atoms with van der Waals surface area (Å²) in [6.45, 7) is 2.88. The van der Waals surface area contributed by atoms with Gasteiger partial charge in [0.2, 0.25) is 0 Å². The number of H-pyrrole nitrogens is 1. The van der Waals surface area contributed by atoms with Crippen molar-refractivity contribution in [3.8, 4) is 11.1 Å². The molecule has 0 bridgehead atoms. The maximum atomic E-state index is 15.1. The predicted octanol–water partition coefficient (Wildman–Crippen LogP) is 4.05. The third-order valence-electron chi connectivity index (χ3n) is 6.20. The number of aromatic amines is 1. The van der Waals surface area contributed by atoms with Crippen LogP contribution in [0, 0.1) is 5.82 Å². The van der Waals surface area contributed by atoms with Crippen LogP contribution in [0.15, 0.2) is 40.1 Å². The van der Waals surface area contributed by atoms with Crippen molar-refractivity contribution >= 4 is 27.1 Å². The SMILES string of the molecule is C[C@H]1NCc2cc(-c3cc4c(C5CC5)c5s[nH]c(=O)c5c(=O)n4cc3F)ccc21. The minimum Gasteiger partial charge on any atom is -0.306 e. The molecule has 7 heteroatoms. The van der Waals surface area contributed by atoms with Crippen LogP contribution in [0.4, 0.5) is 4.39 Å². The van der Waals surface area contributed by atoms with Gasteiger partial charge in [0.15, 0.2) is 0 Å². The van der Waals surface area contributed by atoms with Gasteiger partial charge in [-0.15, -0.1) is 0 Å². The van der Waals surface area contributed by atoms with Crippen LogP contribution in [0.2, 0.25) is 0 Å². The summed E-state index contributed by atoms with van der Waals surface area (Å²) in [5.41, 5.74) is 4.53. The van der Waals surface area contributed by atoms with Crippen molar-refractivity contribution in [3.63, 3.8) is 0 Å². The molecular formula is C22H18FN3O2S. The second-order valence-electron chi connectivity index (χ2n) is 8.04. The third kappa shape index (κ3) is 2.41. The van der Waals surface area contributed by atoms with Crippen molar-refractivity contribution in [2.45, 2.75) is 38.3 Å². The first-order valence-corrected chi connectivity index (χ1v) is 10.6. The van der Waals surface area contributed by atoms with Gasteiger partial charge in [-0.25, -0.2) is 4.39 Å². The van der Waals surface area contributed by atoms with E-state index < -0.39 is 16.9 Å². The smallest absolute Gasteiger partial charge is 0.271 e. The highest BCUT2D eigenvalue weighted by atomic mass is 32.1. The number of aromatic nitrogens is 2. The highest BCUT2D eigenvalue weighted by molar-refractivity contribution is 7.13. The summed E-state index contributed by atoms with van der Waals surface area (Å²) in [6, 6.07) is 8.10. The molecule has 146 valence electrons. The highest BCUT2D eigenvalue weighted by Crippen LogP contribution is 2.45. The molecule has 0 saturated heterocycles. The summed E-state index contributed by atoms with van der Waals surface area (Å²) in [5, 5.41) is 3.54. The van der Waals surface area contributed by atoms with Crippen LogP contribution in [0.3, 0.4) is 0 Å². The molecule has 0 radical (unpaired) electrons. The average molecular weight is 407 g/mol. The van der Waals surface area contributed by atoms with Crippen LogP contribution in [0.1, 0.15) is 48.4 Å². The van der Waals surface area contributed by atoms with E-state index in [1.165, 1.54) is 33.3 Å². The van der Waals surface area contributed by atoms with Crippen LogP contribution in [0.5, 0.6) is 0 Å². The molecule has 0 unspecified atom stereocenters. The highest BCUT2D eigenvalue weighted by Gasteiger charge is 2.31. The largest absolute Gasteiger partial charge is 0.306 e. The van der Waals surface area contributed by atoms with Crippen molar-refractivity contribution in [2.75, 3.05) is 0 Å². The van der Waals surface area contributed by atoms with E-state index in [1.54, 1.807) is 6.07 Å². The summed E-state index contributed by atoms with van der Waals surface area (Å²) in [5.74, 6) is -0.158. The van der Waals surface area contributed by atoms with E-state index in [0.717, 1.165) is 30.5 Å². The van der Waals surface area contributed by atoms with E-state index >= 15 is 4.39 Å². The Hall–Kier alpha value is -2.77. The molecule has 1 fully saturated rings. The number of pyridine rings is 2. The topological polar surface area (TPSA) is 66.4 Å². The standard InChI is InChI=1S/C22H18FN3O2S/c1-10-14-5-4-12(6-13(14)8-24-10)15-7-17-18(11-2-3-11)20-19(21(27)25-29-20)22(28)26(17)9-16(15)23/h4-7,9-11,24H,2-3,8H2,1H3,(H,25,27)/t10-/m1/s1. The maximum Gasteiger partial charge on any atom is 0.271 e. The Labute approximate surface area is 169 Å². The summed E-state index contributed by atoms with van der Waals surface area (Å²) < 4.78 is 19.8. The summed E-state index contributed by atoms with van der Waals surface area (Å²) in [7, 11) is 0. The van der Waals surface area contributed by atoms with Crippen molar-refractivity contribution in [1.29, 1.82) is 0 Å².